The summed E-state index contributed by atoms with van der Waals surface area (Å²) in [7, 11) is 3.31. The molecule has 37 heavy (non-hydrogen) atoms. The molecule has 5 rings (SSSR count). The van der Waals surface area contributed by atoms with Crippen LogP contribution in [-0.4, -0.2) is 68.3 Å². The Morgan fingerprint density at radius 2 is 1.54 bits per heavy atom. The second-order valence-electron chi connectivity index (χ2n) is 10.2. The van der Waals surface area contributed by atoms with Crippen LogP contribution in [0.1, 0.15) is 55.9 Å². The van der Waals surface area contributed by atoms with Crippen molar-refractivity contribution in [2.24, 2.45) is 0 Å². The first-order chi connectivity index (χ1) is 17.2. The Labute approximate surface area is 233 Å². The van der Waals surface area contributed by atoms with Gasteiger partial charge in [-0.05, 0) is 37.0 Å². The number of rotatable bonds is 8. The number of carbonyl (C=O) groups excluding carboxylic acids is 1. The minimum atomic E-state index is -0.766. The number of hydrogen-bond acceptors (Lipinski definition) is 6. The fourth-order valence-electron chi connectivity index (χ4n) is 6.00. The van der Waals surface area contributed by atoms with Crippen LogP contribution >= 0.6 is 24.8 Å². The molecule has 204 valence electrons. The summed E-state index contributed by atoms with van der Waals surface area (Å²) in [4.78, 5) is 18.8. The van der Waals surface area contributed by atoms with Crippen LogP contribution in [0.3, 0.4) is 0 Å². The van der Waals surface area contributed by atoms with Crippen molar-refractivity contribution in [1.29, 1.82) is 0 Å². The van der Waals surface area contributed by atoms with Gasteiger partial charge in [0.2, 0.25) is 0 Å². The maximum atomic E-state index is 13.8. The van der Waals surface area contributed by atoms with Crippen LogP contribution in [-0.2, 0) is 19.7 Å². The lowest BCUT2D eigenvalue weighted by Gasteiger charge is -2.43. The molecule has 1 unspecified atom stereocenters. The molecule has 0 radical (unpaired) electrons. The molecule has 0 N–H and O–H groups in total. The van der Waals surface area contributed by atoms with E-state index in [4.69, 9.17) is 14.2 Å². The third-order valence-electron chi connectivity index (χ3n) is 8.23. The van der Waals surface area contributed by atoms with E-state index < -0.39 is 11.6 Å². The Balaban J connectivity index is 0.00000190. The molecule has 1 aliphatic heterocycles. The molecule has 0 amide bonds. The van der Waals surface area contributed by atoms with Crippen molar-refractivity contribution in [3.63, 3.8) is 0 Å². The molecule has 3 atom stereocenters. The first-order valence-corrected chi connectivity index (χ1v) is 13.1. The van der Waals surface area contributed by atoms with Crippen LogP contribution in [0, 0.1) is 0 Å². The summed E-state index contributed by atoms with van der Waals surface area (Å²) in [6.07, 6.45) is 6.77. The van der Waals surface area contributed by atoms with E-state index in [0.29, 0.717) is 6.42 Å². The topological polar surface area (TPSA) is 51.2 Å². The molecule has 2 saturated carbocycles. The molecule has 0 bridgehead atoms. The Hall–Kier alpha value is -1.83. The SMILES string of the molecule is COc1ccc([C@]2(C(=O)OC(c3ccccc3)N3CCN(C4CCCCC4)CC3)C[C@H]2OC)cc1.Cl.Cl. The van der Waals surface area contributed by atoms with Crippen molar-refractivity contribution in [2.45, 2.75) is 62.3 Å². The molecular formula is C29H40Cl2N2O4. The quantitative estimate of drug-likeness (QED) is 0.411. The molecule has 2 aromatic carbocycles. The third kappa shape index (κ3) is 6.26. The Morgan fingerprint density at radius 3 is 2.11 bits per heavy atom. The predicted octanol–water partition coefficient (Wildman–Crippen LogP) is 5.39. The lowest BCUT2D eigenvalue weighted by atomic mass is 9.93. The van der Waals surface area contributed by atoms with Crippen molar-refractivity contribution in [3.05, 3.63) is 65.7 Å². The van der Waals surface area contributed by atoms with E-state index >= 15 is 0 Å². The van der Waals surface area contributed by atoms with Gasteiger partial charge in [0.25, 0.3) is 0 Å². The number of esters is 1. The average Bonchev–Trinajstić information content (AvgIpc) is 3.69. The highest BCUT2D eigenvalue weighted by Gasteiger charge is 2.64. The summed E-state index contributed by atoms with van der Waals surface area (Å²) >= 11 is 0. The Bertz CT molecular complexity index is 979. The van der Waals surface area contributed by atoms with E-state index in [1.54, 1.807) is 14.2 Å². The average molecular weight is 552 g/mol. The molecule has 0 aromatic heterocycles. The molecule has 3 aliphatic rings. The lowest BCUT2D eigenvalue weighted by Crippen LogP contribution is -2.52. The van der Waals surface area contributed by atoms with E-state index in [0.717, 1.165) is 49.1 Å². The second kappa shape index (κ2) is 13.3. The number of benzene rings is 2. The molecule has 1 saturated heterocycles. The lowest BCUT2D eigenvalue weighted by molar-refractivity contribution is -0.167. The maximum absolute atomic E-state index is 13.8. The molecule has 0 spiro atoms. The number of piperazine rings is 1. The largest absolute Gasteiger partial charge is 0.497 e. The van der Waals surface area contributed by atoms with Gasteiger partial charge in [-0.15, -0.1) is 24.8 Å². The highest BCUT2D eigenvalue weighted by Crippen LogP contribution is 2.52. The predicted molar refractivity (Wildman–Crippen MR) is 150 cm³/mol. The fourth-order valence-corrected chi connectivity index (χ4v) is 6.00. The van der Waals surface area contributed by atoms with Crippen molar-refractivity contribution in [3.8, 4) is 5.75 Å². The minimum absolute atomic E-state index is 0. The van der Waals surface area contributed by atoms with Gasteiger partial charge in [-0.1, -0.05) is 61.7 Å². The molecule has 6 nitrogen and oxygen atoms in total. The number of nitrogens with zero attached hydrogens (tertiary/aromatic N) is 2. The number of ether oxygens (including phenoxy) is 3. The van der Waals surface area contributed by atoms with E-state index in [1.807, 2.05) is 42.5 Å². The molecule has 8 heteroatoms. The van der Waals surface area contributed by atoms with Crippen LogP contribution in [0.4, 0.5) is 0 Å². The standard InChI is InChI=1S/C29H38N2O4.2ClH/c1-33-25-15-13-23(14-16-25)29(21-26(29)34-2)28(32)35-27(22-9-5-3-6-10-22)31-19-17-30(18-20-31)24-11-7-4-8-12-24;;/h3,5-6,9-10,13-16,24,26-27H,4,7-8,11-12,17-21H2,1-2H3;2*1H/t26-,27?,29-;;/m1../s1. The van der Waals surface area contributed by atoms with Crippen molar-refractivity contribution in [2.75, 3.05) is 40.4 Å². The first kappa shape index (κ1) is 29.7. The van der Waals surface area contributed by atoms with Crippen LogP contribution in [0.25, 0.3) is 0 Å². The first-order valence-electron chi connectivity index (χ1n) is 13.1. The van der Waals surface area contributed by atoms with E-state index in [-0.39, 0.29) is 36.9 Å². The summed E-state index contributed by atoms with van der Waals surface area (Å²) in [5.41, 5.74) is 1.17. The van der Waals surface area contributed by atoms with Crippen molar-refractivity contribution < 1.29 is 19.0 Å². The van der Waals surface area contributed by atoms with E-state index in [9.17, 15) is 4.79 Å². The van der Waals surface area contributed by atoms with Crippen LogP contribution in [0.2, 0.25) is 0 Å². The zero-order valence-corrected chi connectivity index (χ0v) is 23.5. The normalized spacial score (nSPS) is 25.3. The minimum Gasteiger partial charge on any atom is -0.497 e. The van der Waals surface area contributed by atoms with Crippen molar-refractivity contribution in [1.82, 2.24) is 9.80 Å². The molecule has 3 fully saturated rings. The van der Waals surface area contributed by atoms with Crippen LogP contribution in [0.15, 0.2) is 54.6 Å². The summed E-state index contributed by atoms with van der Waals surface area (Å²) in [5, 5.41) is 0. The zero-order chi connectivity index (χ0) is 24.3. The van der Waals surface area contributed by atoms with Crippen LogP contribution in [0.5, 0.6) is 5.75 Å². The number of methoxy groups -OCH3 is 2. The van der Waals surface area contributed by atoms with E-state index in [2.05, 4.69) is 21.9 Å². The van der Waals surface area contributed by atoms with Gasteiger partial charge in [0.15, 0.2) is 6.23 Å². The van der Waals surface area contributed by atoms with Gasteiger partial charge >= 0.3 is 5.97 Å². The molecular weight excluding hydrogens is 511 g/mol. The highest BCUT2D eigenvalue weighted by molar-refractivity contribution is 5.88. The third-order valence-corrected chi connectivity index (χ3v) is 8.23. The maximum Gasteiger partial charge on any atom is 0.321 e. The van der Waals surface area contributed by atoms with Gasteiger partial charge in [0, 0.05) is 44.9 Å². The fraction of sp³-hybridized carbons (Fsp3) is 0.552. The highest BCUT2D eigenvalue weighted by atomic mass is 35.5. The van der Waals surface area contributed by atoms with Gasteiger partial charge in [0.05, 0.1) is 13.2 Å². The van der Waals surface area contributed by atoms with Gasteiger partial charge in [0.1, 0.15) is 11.2 Å². The zero-order valence-electron chi connectivity index (χ0n) is 21.8. The van der Waals surface area contributed by atoms with Gasteiger partial charge in [-0.2, -0.15) is 0 Å². The van der Waals surface area contributed by atoms with Crippen molar-refractivity contribution >= 4 is 30.8 Å². The van der Waals surface area contributed by atoms with Crippen LogP contribution < -0.4 is 4.74 Å². The van der Waals surface area contributed by atoms with Gasteiger partial charge in [-0.3, -0.25) is 14.6 Å². The molecule has 2 aromatic rings. The summed E-state index contributed by atoms with van der Waals surface area (Å²) < 4.78 is 17.4. The Morgan fingerprint density at radius 1 is 0.892 bits per heavy atom. The second-order valence-corrected chi connectivity index (χ2v) is 10.2. The smallest absolute Gasteiger partial charge is 0.321 e. The summed E-state index contributed by atoms with van der Waals surface area (Å²) in [6.45, 7) is 3.84. The van der Waals surface area contributed by atoms with Gasteiger partial charge < -0.3 is 14.2 Å². The number of hydrogen-bond donors (Lipinski definition) is 0. The monoisotopic (exact) mass is 550 g/mol. The Kier molecular flexibility index (Phi) is 10.7. The van der Waals surface area contributed by atoms with E-state index in [1.165, 1.54) is 32.1 Å². The summed E-state index contributed by atoms with van der Waals surface area (Å²) in [6, 6.07) is 18.6. The summed E-state index contributed by atoms with van der Waals surface area (Å²) in [5.74, 6) is 0.558. The van der Waals surface area contributed by atoms with Gasteiger partial charge in [-0.25, -0.2) is 0 Å². The molecule has 1 heterocycles. The number of halogens is 2. The number of carbonyl (C=O) groups is 1. The molecule has 2 aliphatic carbocycles.